The number of rotatable bonds is 6. The topological polar surface area (TPSA) is 110 Å². The SMILES string of the molecule is COCc1ccc(NC(=O)Cn2cc(C3=CC4N=C(N)NN4C=C3)cn2)cc1. The van der Waals surface area contributed by atoms with Gasteiger partial charge in [0, 0.05) is 30.8 Å². The molecule has 0 bridgehead atoms. The summed E-state index contributed by atoms with van der Waals surface area (Å²) >= 11 is 0. The highest BCUT2D eigenvalue weighted by Gasteiger charge is 2.23. The molecule has 1 aromatic carbocycles. The summed E-state index contributed by atoms with van der Waals surface area (Å²) in [4.78, 5) is 16.6. The third-order valence-corrected chi connectivity index (χ3v) is 4.36. The second kappa shape index (κ2) is 7.57. The van der Waals surface area contributed by atoms with Crippen LogP contribution in [0.5, 0.6) is 0 Å². The molecule has 1 amide bonds. The van der Waals surface area contributed by atoms with E-state index in [1.807, 2.05) is 53.8 Å². The molecule has 1 unspecified atom stereocenters. The quantitative estimate of drug-likeness (QED) is 0.692. The van der Waals surface area contributed by atoms with Gasteiger partial charge < -0.3 is 15.8 Å². The monoisotopic (exact) mass is 379 g/mol. The summed E-state index contributed by atoms with van der Waals surface area (Å²) in [7, 11) is 1.65. The number of nitrogens with two attached hydrogens (primary N) is 1. The largest absolute Gasteiger partial charge is 0.380 e. The molecule has 0 aliphatic carbocycles. The van der Waals surface area contributed by atoms with Gasteiger partial charge in [-0.2, -0.15) is 5.10 Å². The van der Waals surface area contributed by atoms with Gasteiger partial charge in [0.25, 0.3) is 0 Å². The molecule has 2 aliphatic rings. The van der Waals surface area contributed by atoms with Crippen LogP contribution in [-0.4, -0.2) is 39.9 Å². The lowest BCUT2D eigenvalue weighted by Crippen LogP contribution is -2.39. The molecule has 2 aliphatic heterocycles. The van der Waals surface area contributed by atoms with Gasteiger partial charge in [0.05, 0.1) is 12.8 Å². The van der Waals surface area contributed by atoms with E-state index in [1.165, 1.54) is 0 Å². The number of carbonyl (C=O) groups excluding carboxylic acids is 1. The molecule has 0 spiro atoms. The lowest BCUT2D eigenvalue weighted by molar-refractivity contribution is -0.116. The minimum atomic E-state index is -0.173. The van der Waals surface area contributed by atoms with Gasteiger partial charge in [0.2, 0.25) is 11.9 Å². The normalized spacial score (nSPS) is 17.6. The van der Waals surface area contributed by atoms with Crippen molar-refractivity contribution in [3.05, 3.63) is 66.1 Å². The second-order valence-corrected chi connectivity index (χ2v) is 6.49. The van der Waals surface area contributed by atoms with Gasteiger partial charge in [-0.05, 0) is 35.4 Å². The number of aliphatic imine (C=N–C) groups is 1. The predicted molar refractivity (Wildman–Crippen MR) is 106 cm³/mol. The Morgan fingerprint density at radius 1 is 1.36 bits per heavy atom. The Bertz CT molecular complexity index is 959. The number of hydrogen-bond acceptors (Lipinski definition) is 7. The van der Waals surface area contributed by atoms with Gasteiger partial charge >= 0.3 is 0 Å². The van der Waals surface area contributed by atoms with Gasteiger partial charge in [-0.1, -0.05) is 12.1 Å². The summed E-state index contributed by atoms with van der Waals surface area (Å²) in [6.45, 7) is 0.667. The number of amides is 1. The zero-order valence-corrected chi connectivity index (χ0v) is 15.4. The van der Waals surface area contributed by atoms with Crippen LogP contribution in [0.15, 0.2) is 60.0 Å². The molecule has 1 aromatic heterocycles. The van der Waals surface area contributed by atoms with Crippen LogP contribution < -0.4 is 16.5 Å². The Hall–Kier alpha value is -3.59. The van der Waals surface area contributed by atoms with Crippen molar-refractivity contribution in [1.29, 1.82) is 0 Å². The van der Waals surface area contributed by atoms with E-state index >= 15 is 0 Å². The number of allylic oxidation sites excluding steroid dienone is 2. The van der Waals surface area contributed by atoms with Crippen molar-refractivity contribution in [3.8, 4) is 0 Å². The number of carbonyl (C=O) groups is 1. The fraction of sp³-hybridized carbons (Fsp3) is 0.211. The Labute approximate surface area is 162 Å². The van der Waals surface area contributed by atoms with Crippen molar-refractivity contribution in [1.82, 2.24) is 20.2 Å². The van der Waals surface area contributed by atoms with Gasteiger partial charge in [-0.15, -0.1) is 0 Å². The molecule has 1 atom stereocenters. The molecule has 4 rings (SSSR count). The molecule has 0 saturated carbocycles. The lowest BCUT2D eigenvalue weighted by Gasteiger charge is -2.22. The van der Waals surface area contributed by atoms with Crippen molar-refractivity contribution < 1.29 is 9.53 Å². The summed E-state index contributed by atoms with van der Waals surface area (Å²) in [6, 6.07) is 7.55. The molecule has 0 fully saturated rings. The number of nitrogens with zero attached hydrogens (tertiary/aromatic N) is 4. The van der Waals surface area contributed by atoms with Crippen molar-refractivity contribution in [2.45, 2.75) is 19.3 Å². The van der Waals surface area contributed by atoms with E-state index in [0.29, 0.717) is 12.6 Å². The number of fused-ring (bicyclic) bond motifs is 1. The maximum Gasteiger partial charge on any atom is 0.246 e. The number of hydrogen-bond donors (Lipinski definition) is 3. The number of nitrogens with one attached hydrogen (secondary N) is 2. The standard InChI is InChI=1S/C19H21N7O2/c1-28-12-13-2-4-16(5-3-13)22-18(27)11-25-10-15(9-21-25)14-6-7-26-17(8-14)23-19(20)24-26/h2-10,17H,11-12H2,1H3,(H,22,27)(H3,20,23,24). The van der Waals surface area contributed by atoms with Gasteiger partial charge in [0.15, 0.2) is 6.17 Å². The number of hydrazine groups is 1. The van der Waals surface area contributed by atoms with Crippen LogP contribution in [0.2, 0.25) is 0 Å². The van der Waals surface area contributed by atoms with E-state index in [1.54, 1.807) is 18.0 Å². The van der Waals surface area contributed by atoms with Crippen molar-refractivity contribution >= 4 is 23.1 Å². The first kappa shape index (κ1) is 17.8. The number of methoxy groups -OCH3 is 1. The highest BCUT2D eigenvalue weighted by molar-refractivity contribution is 5.90. The van der Waals surface area contributed by atoms with Crippen molar-refractivity contribution in [3.63, 3.8) is 0 Å². The first-order valence-electron chi connectivity index (χ1n) is 8.79. The van der Waals surface area contributed by atoms with Crippen LogP contribution in [0.1, 0.15) is 11.1 Å². The summed E-state index contributed by atoms with van der Waals surface area (Å²) in [6.07, 6.45) is 9.20. The molecule has 0 radical (unpaired) electrons. The van der Waals surface area contributed by atoms with Crippen LogP contribution in [0.25, 0.3) is 5.57 Å². The Morgan fingerprint density at radius 3 is 2.96 bits per heavy atom. The van der Waals surface area contributed by atoms with Crippen molar-refractivity contribution in [2.75, 3.05) is 12.4 Å². The molecular weight excluding hydrogens is 358 g/mol. The van der Waals surface area contributed by atoms with E-state index in [9.17, 15) is 4.79 Å². The maximum atomic E-state index is 12.3. The third-order valence-electron chi connectivity index (χ3n) is 4.36. The Balaban J connectivity index is 1.37. The van der Waals surface area contributed by atoms with Gasteiger partial charge in [0.1, 0.15) is 6.54 Å². The smallest absolute Gasteiger partial charge is 0.246 e. The maximum absolute atomic E-state index is 12.3. The zero-order chi connectivity index (χ0) is 19.5. The van der Waals surface area contributed by atoms with E-state index in [4.69, 9.17) is 10.5 Å². The Kier molecular flexibility index (Phi) is 4.81. The molecule has 3 heterocycles. The molecule has 9 heteroatoms. The van der Waals surface area contributed by atoms with Crippen LogP contribution in [0.4, 0.5) is 5.69 Å². The first-order chi connectivity index (χ1) is 13.6. The fourth-order valence-corrected chi connectivity index (χ4v) is 3.04. The first-order valence-corrected chi connectivity index (χ1v) is 8.79. The molecule has 144 valence electrons. The summed E-state index contributed by atoms with van der Waals surface area (Å²) in [5.41, 5.74) is 12.3. The number of guanidine groups is 1. The van der Waals surface area contributed by atoms with Crippen LogP contribution >= 0.6 is 0 Å². The van der Waals surface area contributed by atoms with Crippen LogP contribution in [0, 0.1) is 0 Å². The molecule has 0 saturated heterocycles. The van der Waals surface area contributed by atoms with Crippen molar-refractivity contribution in [2.24, 2.45) is 10.7 Å². The highest BCUT2D eigenvalue weighted by Crippen LogP contribution is 2.23. The van der Waals surface area contributed by atoms with Crippen LogP contribution in [0.3, 0.4) is 0 Å². The minimum Gasteiger partial charge on any atom is -0.380 e. The summed E-state index contributed by atoms with van der Waals surface area (Å²) in [5, 5.41) is 8.97. The number of aromatic nitrogens is 2. The summed E-state index contributed by atoms with van der Waals surface area (Å²) in [5.74, 6) is 0.237. The number of ether oxygens (including phenoxy) is 1. The number of anilines is 1. The van der Waals surface area contributed by atoms with E-state index in [0.717, 1.165) is 22.4 Å². The average Bonchev–Trinajstić information content (AvgIpc) is 3.28. The molecule has 9 nitrogen and oxygen atoms in total. The number of benzene rings is 1. The molecule has 4 N–H and O–H groups in total. The zero-order valence-electron chi connectivity index (χ0n) is 15.4. The van der Waals surface area contributed by atoms with E-state index in [2.05, 4.69) is 20.8 Å². The van der Waals surface area contributed by atoms with E-state index < -0.39 is 0 Å². The highest BCUT2D eigenvalue weighted by atomic mass is 16.5. The van der Waals surface area contributed by atoms with E-state index in [-0.39, 0.29) is 18.6 Å². The summed E-state index contributed by atoms with van der Waals surface area (Å²) < 4.78 is 6.69. The molecular formula is C19H21N7O2. The average molecular weight is 379 g/mol. The fourth-order valence-electron chi connectivity index (χ4n) is 3.04. The third kappa shape index (κ3) is 3.89. The molecule has 2 aromatic rings. The second-order valence-electron chi connectivity index (χ2n) is 6.49. The minimum absolute atomic E-state index is 0.124. The van der Waals surface area contributed by atoms with Crippen LogP contribution in [-0.2, 0) is 22.7 Å². The lowest BCUT2D eigenvalue weighted by atomic mass is 10.1. The predicted octanol–water partition coefficient (Wildman–Crippen LogP) is 1.04. The van der Waals surface area contributed by atoms with Gasteiger partial charge in [-0.25, -0.2) is 4.99 Å². The Morgan fingerprint density at radius 2 is 2.18 bits per heavy atom. The van der Waals surface area contributed by atoms with Gasteiger partial charge in [-0.3, -0.25) is 19.9 Å². The molecule has 28 heavy (non-hydrogen) atoms.